The molecule has 0 aliphatic carbocycles. The average molecular weight is 567 g/mol. The molecule has 0 saturated carbocycles. The number of ether oxygens (including phenoxy) is 1. The summed E-state index contributed by atoms with van der Waals surface area (Å²) < 4.78 is 69.2. The molecule has 2 aliphatic heterocycles. The van der Waals surface area contributed by atoms with E-state index in [4.69, 9.17) is 24.5 Å². The molecule has 0 spiro atoms. The van der Waals surface area contributed by atoms with Crippen LogP contribution in [0.2, 0.25) is 0 Å². The van der Waals surface area contributed by atoms with Gasteiger partial charge in [-0.15, -0.1) is 0 Å². The van der Waals surface area contributed by atoms with Gasteiger partial charge in [0.05, 0.1) is 31.4 Å². The first kappa shape index (κ1) is 31.2. The van der Waals surface area contributed by atoms with Gasteiger partial charge in [0.25, 0.3) is 0 Å². The number of nitrogens with one attached hydrogen (secondary N) is 1. The molecule has 3 N–H and O–H groups in total. The van der Waals surface area contributed by atoms with Gasteiger partial charge >= 0.3 is 24.3 Å². The van der Waals surface area contributed by atoms with Gasteiger partial charge in [-0.3, -0.25) is 9.78 Å². The largest absolute Gasteiger partial charge is 0.490 e. The quantitative estimate of drug-likeness (QED) is 0.468. The van der Waals surface area contributed by atoms with E-state index in [0.717, 1.165) is 24.7 Å². The molecule has 1 amide bonds. The van der Waals surface area contributed by atoms with Crippen LogP contribution in [0.15, 0.2) is 42.9 Å². The lowest BCUT2D eigenvalue weighted by atomic mass is 9.82. The fourth-order valence-corrected chi connectivity index (χ4v) is 3.70. The molecule has 214 valence electrons. The molecule has 0 radical (unpaired) electrons. The van der Waals surface area contributed by atoms with Crippen LogP contribution >= 0.6 is 0 Å². The highest BCUT2D eigenvalue weighted by atomic mass is 19.4. The number of aromatic nitrogens is 3. The molecular formula is C22H23F6N5O6. The number of pyridine rings is 1. The minimum absolute atomic E-state index is 0.0381. The van der Waals surface area contributed by atoms with Crippen LogP contribution in [-0.4, -0.2) is 81.7 Å². The summed E-state index contributed by atoms with van der Waals surface area (Å²) in [4.78, 5) is 45.5. The Kier molecular flexibility index (Phi) is 10.9. The lowest BCUT2D eigenvalue weighted by molar-refractivity contribution is -0.193. The molecular weight excluding hydrogens is 544 g/mol. The molecule has 3 atom stereocenters. The number of carbonyl (C=O) groups is 3. The number of alkyl halides is 6. The van der Waals surface area contributed by atoms with Crippen LogP contribution in [0.3, 0.4) is 0 Å². The van der Waals surface area contributed by atoms with Gasteiger partial charge in [0.1, 0.15) is 0 Å². The summed E-state index contributed by atoms with van der Waals surface area (Å²) in [7, 11) is 0. The first-order valence-corrected chi connectivity index (χ1v) is 11.1. The predicted molar refractivity (Wildman–Crippen MR) is 119 cm³/mol. The third-order valence-corrected chi connectivity index (χ3v) is 5.46. The van der Waals surface area contributed by atoms with Crippen molar-refractivity contribution in [3.8, 4) is 0 Å². The minimum Gasteiger partial charge on any atom is -0.475 e. The molecule has 2 aromatic rings. The second-order valence-electron chi connectivity index (χ2n) is 8.17. The molecule has 2 aromatic heterocycles. The summed E-state index contributed by atoms with van der Waals surface area (Å²) in [6.45, 7) is 3.23. The smallest absolute Gasteiger partial charge is 0.475 e. The van der Waals surface area contributed by atoms with Crippen LogP contribution in [0, 0.1) is 17.8 Å². The van der Waals surface area contributed by atoms with Gasteiger partial charge in [-0.2, -0.15) is 26.3 Å². The third kappa shape index (κ3) is 9.99. The highest BCUT2D eigenvalue weighted by Gasteiger charge is 2.44. The number of hydrogen-bond donors (Lipinski definition) is 3. The van der Waals surface area contributed by atoms with Gasteiger partial charge in [-0.25, -0.2) is 19.6 Å². The number of anilines is 1. The van der Waals surface area contributed by atoms with Crippen LogP contribution in [0.4, 0.5) is 32.3 Å². The zero-order valence-corrected chi connectivity index (χ0v) is 19.9. The third-order valence-electron chi connectivity index (χ3n) is 5.46. The van der Waals surface area contributed by atoms with E-state index in [0.29, 0.717) is 25.7 Å². The monoisotopic (exact) mass is 567 g/mol. The topological polar surface area (TPSA) is 155 Å². The number of nitrogens with zero attached hydrogens (tertiary/aromatic N) is 4. The van der Waals surface area contributed by atoms with Crippen molar-refractivity contribution in [2.24, 2.45) is 17.8 Å². The van der Waals surface area contributed by atoms with E-state index < -0.39 is 24.3 Å². The van der Waals surface area contributed by atoms with Crippen molar-refractivity contribution in [3.05, 3.63) is 48.5 Å². The molecule has 2 fully saturated rings. The van der Waals surface area contributed by atoms with Gasteiger partial charge < -0.3 is 25.2 Å². The molecule has 39 heavy (non-hydrogen) atoms. The van der Waals surface area contributed by atoms with Crippen molar-refractivity contribution >= 4 is 23.8 Å². The van der Waals surface area contributed by atoms with E-state index >= 15 is 0 Å². The van der Waals surface area contributed by atoms with Gasteiger partial charge in [-0.1, -0.05) is 6.07 Å². The van der Waals surface area contributed by atoms with Gasteiger partial charge in [0.2, 0.25) is 11.9 Å². The minimum atomic E-state index is -5.08. The van der Waals surface area contributed by atoms with Gasteiger partial charge in [0.15, 0.2) is 0 Å². The van der Waals surface area contributed by atoms with Crippen molar-refractivity contribution in [1.29, 1.82) is 0 Å². The molecule has 2 saturated heterocycles. The Labute approximate surface area is 216 Å². The van der Waals surface area contributed by atoms with E-state index in [1.165, 1.54) is 0 Å². The van der Waals surface area contributed by atoms with Crippen molar-refractivity contribution < 1.29 is 55.7 Å². The Morgan fingerprint density at radius 3 is 1.97 bits per heavy atom. The Hall–Kier alpha value is -4.02. The molecule has 0 bridgehead atoms. The first-order chi connectivity index (χ1) is 18.2. The molecule has 17 heteroatoms. The molecule has 11 nitrogen and oxygen atoms in total. The first-order valence-electron chi connectivity index (χ1n) is 11.1. The Bertz CT molecular complexity index is 1070. The Morgan fingerprint density at radius 1 is 0.897 bits per heavy atom. The number of fused-ring (bicyclic) bond motifs is 1. The summed E-state index contributed by atoms with van der Waals surface area (Å²) >= 11 is 0. The molecule has 4 heterocycles. The van der Waals surface area contributed by atoms with Crippen LogP contribution in [0.25, 0.3) is 0 Å². The SMILES string of the molecule is O=C(NCc1ccccn1)[C@H]1COC[C@H]2CN(c3ncccn3)C[C@H]21.O=C(O)C(F)(F)F.O=C(O)C(F)(F)F. The van der Waals surface area contributed by atoms with Crippen molar-refractivity contribution in [3.63, 3.8) is 0 Å². The summed E-state index contributed by atoms with van der Waals surface area (Å²) in [6.07, 6.45) is -4.94. The standard InChI is InChI=1S/C18H21N5O2.2C2HF3O2/c24-17(22-8-14-4-1-2-5-19-14)16-12-25-11-13-9-23(10-15(13)16)18-20-6-3-7-21-18;2*3-2(4,5)1(6)7/h1-7,13,15-16H,8-12H2,(H,22,24);2*(H,6,7)/t13-,15-,16+;;/m1../s1. The summed E-state index contributed by atoms with van der Waals surface area (Å²) in [6, 6.07) is 7.50. The maximum absolute atomic E-state index is 12.7. The van der Waals surface area contributed by atoms with Crippen LogP contribution in [0.5, 0.6) is 0 Å². The molecule has 0 aromatic carbocycles. The Morgan fingerprint density at radius 2 is 1.46 bits per heavy atom. The van der Waals surface area contributed by atoms with Crippen molar-refractivity contribution in [1.82, 2.24) is 20.3 Å². The maximum Gasteiger partial charge on any atom is 0.490 e. The molecule has 0 unspecified atom stereocenters. The van der Waals surface area contributed by atoms with Gasteiger partial charge in [-0.05, 0) is 24.1 Å². The zero-order chi connectivity index (χ0) is 29.2. The number of amides is 1. The van der Waals surface area contributed by atoms with Crippen molar-refractivity contribution in [2.75, 3.05) is 31.2 Å². The van der Waals surface area contributed by atoms with Crippen molar-refractivity contribution in [2.45, 2.75) is 18.9 Å². The lowest BCUT2D eigenvalue weighted by Gasteiger charge is -2.31. The fraction of sp³-hybridized carbons (Fsp3) is 0.455. The second-order valence-corrected chi connectivity index (χ2v) is 8.17. The predicted octanol–water partition coefficient (Wildman–Crippen LogP) is 2.15. The van der Waals surface area contributed by atoms with Crippen LogP contribution in [0.1, 0.15) is 5.69 Å². The highest BCUT2D eigenvalue weighted by Crippen LogP contribution is 2.35. The molecule has 2 aliphatic rings. The lowest BCUT2D eigenvalue weighted by Crippen LogP contribution is -2.44. The van der Waals surface area contributed by atoms with Gasteiger partial charge in [0, 0.05) is 37.6 Å². The summed E-state index contributed by atoms with van der Waals surface area (Å²) in [5.41, 5.74) is 0.856. The van der Waals surface area contributed by atoms with E-state index in [2.05, 4.69) is 25.2 Å². The van der Waals surface area contributed by atoms with Crippen LogP contribution in [-0.2, 0) is 25.7 Å². The highest BCUT2D eigenvalue weighted by molar-refractivity contribution is 5.79. The van der Waals surface area contributed by atoms with E-state index in [9.17, 15) is 31.1 Å². The number of carboxylic acids is 2. The number of carboxylic acid groups (broad SMARTS) is 2. The average Bonchev–Trinajstić information content (AvgIpc) is 3.33. The zero-order valence-electron chi connectivity index (χ0n) is 19.9. The second kappa shape index (κ2) is 13.7. The number of rotatable bonds is 4. The number of halogens is 6. The maximum atomic E-state index is 12.7. The molecule has 4 rings (SSSR count). The fourth-order valence-electron chi connectivity index (χ4n) is 3.70. The van der Waals surface area contributed by atoms with E-state index in [1.807, 2.05) is 24.3 Å². The summed E-state index contributed by atoms with van der Waals surface area (Å²) in [5.74, 6) is -4.29. The normalized spacial score (nSPS) is 20.4. The van der Waals surface area contributed by atoms with E-state index in [-0.39, 0.29) is 17.7 Å². The number of aliphatic carboxylic acids is 2. The van der Waals surface area contributed by atoms with Crippen LogP contribution < -0.4 is 10.2 Å². The van der Waals surface area contributed by atoms with E-state index in [1.54, 1.807) is 18.6 Å². The number of carbonyl (C=O) groups excluding carboxylic acids is 1. The Balaban J connectivity index is 0.000000317. The summed E-state index contributed by atoms with van der Waals surface area (Å²) in [5, 5.41) is 17.3. The number of hydrogen-bond acceptors (Lipinski definition) is 8.